The summed E-state index contributed by atoms with van der Waals surface area (Å²) in [7, 11) is 0. The van der Waals surface area contributed by atoms with Crippen molar-refractivity contribution in [3.63, 3.8) is 0 Å². The van der Waals surface area contributed by atoms with Crippen LogP contribution < -0.4 is 10.1 Å². The number of rotatable bonds is 6. The van der Waals surface area contributed by atoms with Gasteiger partial charge in [0, 0.05) is 22.3 Å². The molecule has 0 fully saturated rings. The number of nitro groups is 1. The van der Waals surface area contributed by atoms with Gasteiger partial charge in [0.25, 0.3) is 0 Å². The van der Waals surface area contributed by atoms with E-state index < -0.39 is 4.92 Å². The molecule has 2 aromatic carbocycles. The topological polar surface area (TPSA) is 77.3 Å². The number of anilines is 2. The molecule has 0 amide bonds. The van der Waals surface area contributed by atoms with E-state index in [4.69, 9.17) is 4.74 Å². The highest BCUT2D eigenvalue weighted by Gasteiger charge is 2.17. The first-order chi connectivity index (χ1) is 12.1. The third-order valence-corrected chi connectivity index (χ3v) is 3.91. The predicted octanol–water partition coefficient (Wildman–Crippen LogP) is 5.07. The number of benzene rings is 2. The van der Waals surface area contributed by atoms with Gasteiger partial charge in [-0.15, -0.1) is 0 Å². The van der Waals surface area contributed by atoms with Gasteiger partial charge in [0.05, 0.1) is 4.92 Å². The lowest BCUT2D eigenvalue weighted by Gasteiger charge is -2.09. The van der Waals surface area contributed by atoms with Gasteiger partial charge in [0.2, 0.25) is 11.7 Å². The molecule has 0 aliphatic carbocycles. The molecule has 7 heteroatoms. The highest BCUT2D eigenvalue weighted by molar-refractivity contribution is 9.10. The lowest BCUT2D eigenvalue weighted by atomic mass is 10.2. The summed E-state index contributed by atoms with van der Waals surface area (Å²) >= 11 is 3.35. The molecule has 1 N–H and O–H groups in total. The Balaban J connectivity index is 1.81. The van der Waals surface area contributed by atoms with Gasteiger partial charge in [-0.2, -0.15) is 4.98 Å². The summed E-state index contributed by atoms with van der Waals surface area (Å²) in [4.78, 5) is 15.0. The van der Waals surface area contributed by atoms with Gasteiger partial charge < -0.3 is 10.1 Å². The summed E-state index contributed by atoms with van der Waals surface area (Å²) in [5, 5.41) is 14.2. The molecule has 0 saturated heterocycles. The second-order valence-electron chi connectivity index (χ2n) is 5.18. The SMILES string of the molecule is O=[N+]([O-])c1ccc(OCc2ccccc2)nc1Nc1ccc(Br)cc1. The average molecular weight is 400 g/mol. The van der Waals surface area contributed by atoms with Crippen LogP contribution in [0.2, 0.25) is 0 Å². The first-order valence-electron chi connectivity index (χ1n) is 7.46. The minimum Gasteiger partial charge on any atom is -0.473 e. The summed E-state index contributed by atoms with van der Waals surface area (Å²) in [5.74, 6) is 0.451. The maximum atomic E-state index is 11.2. The molecule has 0 aliphatic heterocycles. The molecule has 1 heterocycles. The maximum Gasteiger partial charge on any atom is 0.311 e. The first-order valence-corrected chi connectivity index (χ1v) is 8.26. The average Bonchev–Trinajstić information content (AvgIpc) is 2.63. The fourth-order valence-corrected chi connectivity index (χ4v) is 2.42. The van der Waals surface area contributed by atoms with Crippen LogP contribution in [0.5, 0.6) is 5.88 Å². The number of nitrogens with zero attached hydrogens (tertiary/aromatic N) is 2. The van der Waals surface area contributed by atoms with E-state index in [-0.39, 0.29) is 11.5 Å². The van der Waals surface area contributed by atoms with E-state index >= 15 is 0 Å². The van der Waals surface area contributed by atoms with Gasteiger partial charge in [-0.25, -0.2) is 0 Å². The molecule has 0 spiro atoms. The number of hydrogen-bond donors (Lipinski definition) is 1. The molecule has 0 aliphatic rings. The van der Waals surface area contributed by atoms with Crippen molar-refractivity contribution in [2.75, 3.05) is 5.32 Å². The van der Waals surface area contributed by atoms with Crippen molar-refractivity contribution in [3.8, 4) is 5.88 Å². The van der Waals surface area contributed by atoms with Crippen molar-refractivity contribution < 1.29 is 9.66 Å². The van der Waals surface area contributed by atoms with Gasteiger partial charge in [0.1, 0.15) is 6.61 Å². The summed E-state index contributed by atoms with van der Waals surface area (Å²) < 4.78 is 6.56. The Kier molecular flexibility index (Phi) is 5.25. The molecular weight excluding hydrogens is 386 g/mol. The summed E-state index contributed by atoms with van der Waals surface area (Å²) in [6.45, 7) is 0.337. The van der Waals surface area contributed by atoms with Crippen molar-refractivity contribution in [1.29, 1.82) is 0 Å². The Bertz CT molecular complexity index is 870. The van der Waals surface area contributed by atoms with E-state index in [9.17, 15) is 10.1 Å². The highest BCUT2D eigenvalue weighted by atomic mass is 79.9. The number of aromatic nitrogens is 1. The largest absolute Gasteiger partial charge is 0.473 e. The van der Waals surface area contributed by atoms with E-state index in [0.29, 0.717) is 18.2 Å². The minimum atomic E-state index is -0.477. The molecule has 0 bridgehead atoms. The predicted molar refractivity (Wildman–Crippen MR) is 99.1 cm³/mol. The first kappa shape index (κ1) is 16.9. The van der Waals surface area contributed by atoms with Crippen molar-refractivity contribution in [2.45, 2.75) is 6.61 Å². The molecule has 0 atom stereocenters. The van der Waals surface area contributed by atoms with E-state index in [1.165, 1.54) is 12.1 Å². The lowest BCUT2D eigenvalue weighted by Crippen LogP contribution is -2.03. The Morgan fingerprint density at radius 1 is 1.04 bits per heavy atom. The molecule has 3 rings (SSSR count). The Morgan fingerprint density at radius 2 is 1.76 bits per heavy atom. The zero-order valence-corrected chi connectivity index (χ0v) is 14.6. The van der Waals surface area contributed by atoms with Crippen LogP contribution >= 0.6 is 15.9 Å². The zero-order chi connectivity index (χ0) is 17.6. The summed E-state index contributed by atoms with van der Waals surface area (Å²) in [5.41, 5.74) is 1.57. The third-order valence-electron chi connectivity index (χ3n) is 3.38. The number of ether oxygens (including phenoxy) is 1. The monoisotopic (exact) mass is 399 g/mol. The van der Waals surface area contributed by atoms with Crippen molar-refractivity contribution in [1.82, 2.24) is 4.98 Å². The lowest BCUT2D eigenvalue weighted by molar-refractivity contribution is -0.384. The Labute approximate surface area is 152 Å². The quantitative estimate of drug-likeness (QED) is 0.462. The molecular formula is C18H14BrN3O3. The molecule has 25 heavy (non-hydrogen) atoms. The van der Waals surface area contributed by atoms with Crippen LogP contribution in [-0.2, 0) is 6.61 Å². The van der Waals surface area contributed by atoms with Crippen LogP contribution in [-0.4, -0.2) is 9.91 Å². The van der Waals surface area contributed by atoms with Crippen molar-refractivity contribution >= 4 is 33.1 Å². The highest BCUT2D eigenvalue weighted by Crippen LogP contribution is 2.28. The Hall–Kier alpha value is -2.93. The maximum absolute atomic E-state index is 11.2. The molecule has 0 saturated carbocycles. The van der Waals surface area contributed by atoms with Crippen molar-refractivity contribution in [3.05, 3.63) is 86.9 Å². The third kappa shape index (κ3) is 4.54. The fourth-order valence-electron chi connectivity index (χ4n) is 2.16. The van der Waals surface area contributed by atoms with Gasteiger partial charge in [0.15, 0.2) is 0 Å². The minimum absolute atomic E-state index is 0.116. The zero-order valence-electron chi connectivity index (χ0n) is 13.1. The fraction of sp³-hybridized carbons (Fsp3) is 0.0556. The normalized spacial score (nSPS) is 10.3. The number of pyridine rings is 1. The van der Waals surface area contributed by atoms with Crippen LogP contribution in [0.1, 0.15) is 5.56 Å². The molecule has 0 radical (unpaired) electrons. The number of nitrogens with one attached hydrogen (secondary N) is 1. The van der Waals surface area contributed by atoms with Crippen LogP contribution in [0.3, 0.4) is 0 Å². The second-order valence-corrected chi connectivity index (χ2v) is 6.10. The van der Waals surface area contributed by atoms with Gasteiger partial charge in [-0.3, -0.25) is 10.1 Å². The van der Waals surface area contributed by atoms with Crippen molar-refractivity contribution in [2.24, 2.45) is 0 Å². The van der Waals surface area contributed by atoms with E-state index in [2.05, 4.69) is 26.2 Å². The van der Waals surface area contributed by atoms with Gasteiger partial charge in [-0.05, 0) is 29.8 Å². The van der Waals surface area contributed by atoms with Crippen LogP contribution in [0, 0.1) is 10.1 Å². The number of hydrogen-bond acceptors (Lipinski definition) is 5. The van der Waals surface area contributed by atoms with Crippen LogP contribution in [0.25, 0.3) is 0 Å². The van der Waals surface area contributed by atoms with E-state index in [1.54, 1.807) is 12.1 Å². The molecule has 3 aromatic rings. The van der Waals surface area contributed by atoms with E-state index in [1.807, 2.05) is 42.5 Å². The standard InChI is InChI=1S/C18H14BrN3O3/c19-14-6-8-15(9-7-14)20-18-16(22(23)24)10-11-17(21-18)25-12-13-4-2-1-3-5-13/h1-11H,12H2,(H,20,21). The molecule has 126 valence electrons. The van der Waals surface area contributed by atoms with E-state index in [0.717, 1.165) is 10.0 Å². The number of halogens is 1. The summed E-state index contributed by atoms with van der Waals surface area (Å²) in [6.07, 6.45) is 0. The van der Waals surface area contributed by atoms with Crippen LogP contribution in [0.15, 0.2) is 71.2 Å². The van der Waals surface area contributed by atoms with Gasteiger partial charge >= 0.3 is 5.69 Å². The molecule has 0 unspecified atom stereocenters. The summed E-state index contributed by atoms with van der Waals surface area (Å²) in [6, 6.07) is 19.8. The Morgan fingerprint density at radius 3 is 2.44 bits per heavy atom. The molecule has 6 nitrogen and oxygen atoms in total. The van der Waals surface area contributed by atoms with Gasteiger partial charge in [-0.1, -0.05) is 46.3 Å². The molecule has 1 aromatic heterocycles. The smallest absolute Gasteiger partial charge is 0.311 e. The van der Waals surface area contributed by atoms with Crippen LogP contribution in [0.4, 0.5) is 17.2 Å². The second kappa shape index (κ2) is 7.76.